The van der Waals surface area contributed by atoms with Gasteiger partial charge in [-0.1, -0.05) is 66.7 Å². The summed E-state index contributed by atoms with van der Waals surface area (Å²) in [6.45, 7) is 2.20. The van der Waals surface area contributed by atoms with Crippen molar-refractivity contribution in [3.05, 3.63) is 107 Å². The van der Waals surface area contributed by atoms with Gasteiger partial charge in [0.2, 0.25) is 0 Å². The fourth-order valence-corrected chi connectivity index (χ4v) is 6.06. The van der Waals surface area contributed by atoms with Crippen LogP contribution in [-0.4, -0.2) is 48.2 Å². The summed E-state index contributed by atoms with van der Waals surface area (Å²) in [6, 6.07) is 27.1. The summed E-state index contributed by atoms with van der Waals surface area (Å²) in [6.07, 6.45) is 2.07. The van der Waals surface area contributed by atoms with E-state index in [0.717, 1.165) is 36.0 Å². The molecule has 0 aliphatic carbocycles. The Labute approximate surface area is 234 Å². The van der Waals surface area contributed by atoms with Gasteiger partial charge in [-0.15, -0.1) is 0 Å². The Morgan fingerprint density at radius 2 is 1.60 bits per heavy atom. The van der Waals surface area contributed by atoms with Gasteiger partial charge in [0.1, 0.15) is 6.61 Å². The Bertz CT molecular complexity index is 1450. The van der Waals surface area contributed by atoms with Gasteiger partial charge in [0.15, 0.2) is 0 Å². The first-order chi connectivity index (χ1) is 19.6. The first kappa shape index (κ1) is 26.1. The van der Waals surface area contributed by atoms with Crippen molar-refractivity contribution in [3.8, 4) is 0 Å². The number of carbonyl (C=O) groups is 2. The molecule has 3 aromatic carbocycles. The van der Waals surface area contributed by atoms with Crippen molar-refractivity contribution in [3.63, 3.8) is 0 Å². The molecule has 3 atom stereocenters. The van der Waals surface area contributed by atoms with E-state index in [9.17, 15) is 9.59 Å². The number of esters is 1. The van der Waals surface area contributed by atoms with Crippen LogP contribution in [0.4, 0.5) is 4.79 Å². The van der Waals surface area contributed by atoms with E-state index in [4.69, 9.17) is 14.2 Å². The Balaban J connectivity index is 1.16. The number of aromatic nitrogens is 1. The van der Waals surface area contributed by atoms with Gasteiger partial charge in [0.25, 0.3) is 0 Å². The van der Waals surface area contributed by atoms with Gasteiger partial charge >= 0.3 is 12.1 Å². The molecule has 2 aliphatic rings. The third kappa shape index (κ3) is 5.89. The minimum atomic E-state index is -0.348. The van der Waals surface area contributed by atoms with E-state index >= 15 is 0 Å². The Kier molecular flexibility index (Phi) is 7.82. The fourth-order valence-electron chi connectivity index (χ4n) is 6.06. The second kappa shape index (κ2) is 12.0. The molecule has 1 aromatic heterocycles. The average Bonchev–Trinajstić information content (AvgIpc) is 3.39. The van der Waals surface area contributed by atoms with Crippen molar-refractivity contribution < 1.29 is 23.8 Å². The van der Waals surface area contributed by atoms with Gasteiger partial charge in [0, 0.05) is 35.6 Å². The summed E-state index contributed by atoms with van der Waals surface area (Å²) in [5.74, 6) is -0.179. The summed E-state index contributed by atoms with van der Waals surface area (Å²) in [4.78, 5) is 31.2. The number of fused-ring (bicyclic) bond motifs is 3. The van der Waals surface area contributed by atoms with Crippen LogP contribution in [0.2, 0.25) is 0 Å². The van der Waals surface area contributed by atoms with E-state index in [0.29, 0.717) is 25.3 Å². The molecule has 40 heavy (non-hydrogen) atoms. The zero-order valence-electron chi connectivity index (χ0n) is 22.5. The molecule has 4 aromatic rings. The van der Waals surface area contributed by atoms with Gasteiger partial charge in [-0.2, -0.15) is 0 Å². The molecule has 0 bridgehead atoms. The van der Waals surface area contributed by atoms with Crippen molar-refractivity contribution in [2.45, 2.75) is 32.0 Å². The highest BCUT2D eigenvalue weighted by Gasteiger charge is 2.35. The van der Waals surface area contributed by atoms with Crippen LogP contribution in [0.25, 0.3) is 10.9 Å². The van der Waals surface area contributed by atoms with E-state index in [2.05, 4.69) is 23.2 Å². The van der Waals surface area contributed by atoms with Gasteiger partial charge in [-0.25, -0.2) is 9.59 Å². The second-order valence-corrected chi connectivity index (χ2v) is 10.8. The molecule has 0 saturated carbocycles. The second-order valence-electron chi connectivity index (χ2n) is 10.8. The number of aromatic amines is 1. The number of likely N-dealkylation sites (tertiary alicyclic amines) is 1. The zero-order chi connectivity index (χ0) is 27.3. The summed E-state index contributed by atoms with van der Waals surface area (Å²) < 4.78 is 17.7. The lowest BCUT2D eigenvalue weighted by molar-refractivity contribution is -0.00460. The lowest BCUT2D eigenvalue weighted by Gasteiger charge is -2.38. The highest BCUT2D eigenvalue weighted by atomic mass is 16.6. The molecule has 206 valence electrons. The molecule has 7 nitrogen and oxygen atoms in total. The minimum Gasteiger partial charge on any atom is -0.462 e. The fraction of sp³-hybridized carbons (Fsp3) is 0.333. The van der Waals surface area contributed by atoms with Crippen molar-refractivity contribution in [1.29, 1.82) is 0 Å². The van der Waals surface area contributed by atoms with Crippen LogP contribution in [0.3, 0.4) is 0 Å². The molecule has 1 unspecified atom stereocenters. The van der Waals surface area contributed by atoms with E-state index in [1.54, 1.807) is 17.0 Å². The first-order valence-electron chi connectivity index (χ1n) is 14.0. The third-order valence-corrected chi connectivity index (χ3v) is 7.93. The number of H-pyrrole nitrogens is 1. The Morgan fingerprint density at radius 1 is 0.875 bits per heavy atom. The SMILES string of the molecule is O=C(OC[C@@H]1C[C@H](CC2OCCc3c2[nH]c2ccccc32)CN(C(=O)OCc2ccccc2)C1)c1ccccc1. The predicted molar refractivity (Wildman–Crippen MR) is 152 cm³/mol. The van der Waals surface area contributed by atoms with Crippen LogP contribution in [0.15, 0.2) is 84.9 Å². The number of nitrogens with one attached hydrogen (secondary N) is 1. The molecule has 3 heterocycles. The number of amides is 1. The summed E-state index contributed by atoms with van der Waals surface area (Å²) >= 11 is 0. The number of ether oxygens (including phenoxy) is 3. The molecule has 2 aliphatic heterocycles. The quantitative estimate of drug-likeness (QED) is 0.279. The van der Waals surface area contributed by atoms with Gasteiger partial charge in [-0.3, -0.25) is 0 Å². The number of carbonyl (C=O) groups excluding carboxylic acids is 2. The summed E-state index contributed by atoms with van der Waals surface area (Å²) in [5.41, 5.74) is 5.07. The van der Waals surface area contributed by atoms with Gasteiger partial charge in [0.05, 0.1) is 24.9 Å². The van der Waals surface area contributed by atoms with Crippen LogP contribution in [0, 0.1) is 11.8 Å². The molecule has 1 fully saturated rings. The normalized spacial score (nSPS) is 20.6. The van der Waals surface area contributed by atoms with Crippen molar-refractivity contribution in [1.82, 2.24) is 9.88 Å². The minimum absolute atomic E-state index is 0.00135. The molecule has 1 N–H and O–H groups in total. The van der Waals surface area contributed by atoms with Crippen molar-refractivity contribution in [2.75, 3.05) is 26.3 Å². The molecular weight excluding hydrogens is 504 g/mol. The lowest BCUT2D eigenvalue weighted by Crippen LogP contribution is -2.46. The van der Waals surface area contributed by atoms with E-state index < -0.39 is 0 Å². The largest absolute Gasteiger partial charge is 0.462 e. The van der Waals surface area contributed by atoms with E-state index in [1.165, 1.54) is 10.9 Å². The monoisotopic (exact) mass is 538 g/mol. The highest BCUT2D eigenvalue weighted by Crippen LogP contribution is 2.38. The summed E-state index contributed by atoms with van der Waals surface area (Å²) in [7, 11) is 0. The van der Waals surface area contributed by atoms with Crippen LogP contribution >= 0.6 is 0 Å². The third-order valence-electron chi connectivity index (χ3n) is 7.93. The van der Waals surface area contributed by atoms with E-state index in [-0.39, 0.29) is 43.2 Å². The highest BCUT2D eigenvalue weighted by molar-refractivity contribution is 5.89. The molecule has 6 rings (SSSR count). The number of hydrogen-bond donors (Lipinski definition) is 1. The molecule has 1 amide bonds. The number of nitrogens with zero attached hydrogens (tertiary/aromatic N) is 1. The van der Waals surface area contributed by atoms with Crippen LogP contribution in [0.5, 0.6) is 0 Å². The number of benzene rings is 3. The van der Waals surface area contributed by atoms with Gasteiger partial charge in [-0.05, 0) is 54.5 Å². The maximum atomic E-state index is 13.2. The Hall–Kier alpha value is -4.10. The molecule has 7 heteroatoms. The van der Waals surface area contributed by atoms with Crippen molar-refractivity contribution in [2.24, 2.45) is 11.8 Å². The summed E-state index contributed by atoms with van der Waals surface area (Å²) in [5, 5.41) is 1.26. The lowest BCUT2D eigenvalue weighted by atomic mass is 9.84. The van der Waals surface area contributed by atoms with Crippen molar-refractivity contribution >= 4 is 23.0 Å². The first-order valence-corrected chi connectivity index (χ1v) is 14.0. The number of hydrogen-bond acceptors (Lipinski definition) is 5. The smallest absolute Gasteiger partial charge is 0.410 e. The van der Waals surface area contributed by atoms with Crippen LogP contribution in [0.1, 0.15) is 46.1 Å². The van der Waals surface area contributed by atoms with E-state index in [1.807, 2.05) is 54.6 Å². The molecule has 1 saturated heterocycles. The average molecular weight is 539 g/mol. The van der Waals surface area contributed by atoms with Gasteiger partial charge < -0.3 is 24.1 Å². The van der Waals surface area contributed by atoms with Crippen LogP contribution in [-0.2, 0) is 27.2 Å². The maximum Gasteiger partial charge on any atom is 0.410 e. The number of para-hydroxylation sites is 1. The molecule has 0 spiro atoms. The number of rotatable bonds is 7. The number of piperidine rings is 1. The Morgan fingerprint density at radius 3 is 2.42 bits per heavy atom. The maximum absolute atomic E-state index is 13.2. The predicted octanol–water partition coefficient (Wildman–Crippen LogP) is 6.30. The topological polar surface area (TPSA) is 80.9 Å². The molecular formula is C33H34N2O5. The standard InChI is InChI=1S/C33H34N2O5/c36-32(26-11-5-2-6-12-26)39-22-25-17-24(19-35(20-25)33(37)40-21-23-9-3-1-4-10-23)18-30-31-28(15-16-38-30)27-13-7-8-14-29(27)34-31/h1-14,24-25,30,34H,15-22H2/t24-,25-,30?/m1/s1. The molecule has 0 radical (unpaired) electrons. The van der Waals surface area contributed by atoms with Crippen LogP contribution < -0.4 is 0 Å². The zero-order valence-corrected chi connectivity index (χ0v) is 22.5.